The van der Waals surface area contributed by atoms with Crippen LogP contribution in [0.5, 0.6) is 11.5 Å². The average molecular weight is 471 g/mol. The Bertz CT molecular complexity index is 1450. The van der Waals surface area contributed by atoms with Crippen molar-refractivity contribution in [3.63, 3.8) is 0 Å². The third-order valence-electron chi connectivity index (χ3n) is 5.13. The summed E-state index contributed by atoms with van der Waals surface area (Å²) in [5, 5.41) is 6.90. The molecule has 0 aliphatic rings. The Kier molecular flexibility index (Phi) is 6.64. The Hall–Kier alpha value is -4.84. The number of ether oxygens (including phenoxy) is 2. The second kappa shape index (κ2) is 9.97. The first-order valence-corrected chi connectivity index (χ1v) is 10.5. The first kappa shape index (κ1) is 23.3. The van der Waals surface area contributed by atoms with Gasteiger partial charge in [-0.05, 0) is 24.3 Å². The van der Waals surface area contributed by atoms with E-state index < -0.39 is 11.7 Å². The minimum atomic E-state index is -0.563. The Morgan fingerprint density at radius 1 is 1.00 bits per heavy atom. The first-order chi connectivity index (χ1) is 16.9. The van der Waals surface area contributed by atoms with Crippen LogP contribution in [0.15, 0.2) is 61.1 Å². The van der Waals surface area contributed by atoms with Gasteiger partial charge in [0.15, 0.2) is 0 Å². The molecule has 4 aromatic rings. The van der Waals surface area contributed by atoms with Crippen LogP contribution >= 0.6 is 0 Å². The van der Waals surface area contributed by atoms with E-state index in [1.165, 1.54) is 32.4 Å². The van der Waals surface area contributed by atoms with Gasteiger partial charge in [-0.1, -0.05) is 11.8 Å². The van der Waals surface area contributed by atoms with Crippen molar-refractivity contribution in [1.82, 2.24) is 14.8 Å². The number of aryl methyl sites for hydroxylation is 1. The number of anilines is 2. The van der Waals surface area contributed by atoms with Crippen LogP contribution in [0.25, 0.3) is 11.1 Å². The van der Waals surface area contributed by atoms with Crippen LogP contribution < -0.4 is 20.5 Å². The fourth-order valence-corrected chi connectivity index (χ4v) is 3.28. The molecule has 3 N–H and O–H groups in total. The maximum Gasteiger partial charge on any atom is 0.255 e. The largest absolute Gasteiger partial charge is 0.497 e. The third-order valence-corrected chi connectivity index (χ3v) is 5.13. The smallest absolute Gasteiger partial charge is 0.255 e. The second-order valence-electron chi connectivity index (χ2n) is 7.56. The Morgan fingerprint density at radius 2 is 1.71 bits per heavy atom. The number of nitrogens with zero attached hydrogens (tertiary/aromatic N) is 3. The predicted molar refractivity (Wildman–Crippen MR) is 131 cm³/mol. The summed E-state index contributed by atoms with van der Waals surface area (Å²) < 4.78 is 26.6. The van der Waals surface area contributed by atoms with Gasteiger partial charge in [0.05, 0.1) is 31.5 Å². The summed E-state index contributed by atoms with van der Waals surface area (Å²) in [6.45, 7) is 0. The van der Waals surface area contributed by atoms with E-state index in [-0.39, 0.29) is 16.9 Å². The van der Waals surface area contributed by atoms with Crippen molar-refractivity contribution in [2.45, 2.75) is 0 Å². The van der Waals surface area contributed by atoms with Gasteiger partial charge in [0, 0.05) is 60.0 Å². The number of hydrogen-bond acceptors (Lipinski definition) is 6. The number of aromatic nitrogens is 3. The van der Waals surface area contributed by atoms with Crippen molar-refractivity contribution in [1.29, 1.82) is 0 Å². The summed E-state index contributed by atoms with van der Waals surface area (Å²) in [5.41, 5.74) is 8.78. The van der Waals surface area contributed by atoms with Gasteiger partial charge in [-0.2, -0.15) is 5.10 Å². The first-order valence-electron chi connectivity index (χ1n) is 10.5. The molecule has 2 aromatic carbocycles. The van der Waals surface area contributed by atoms with Crippen LogP contribution in [0.2, 0.25) is 0 Å². The van der Waals surface area contributed by atoms with E-state index in [9.17, 15) is 9.18 Å². The van der Waals surface area contributed by atoms with Crippen LogP contribution in [0.4, 0.5) is 15.9 Å². The number of nitrogens with one attached hydrogen (secondary N) is 1. The zero-order valence-corrected chi connectivity index (χ0v) is 19.3. The van der Waals surface area contributed by atoms with Gasteiger partial charge in [0.1, 0.15) is 23.1 Å². The number of pyridine rings is 1. The van der Waals surface area contributed by atoms with Crippen LogP contribution in [0.3, 0.4) is 0 Å². The molecule has 0 bridgehead atoms. The van der Waals surface area contributed by atoms with Crippen molar-refractivity contribution >= 4 is 17.4 Å². The fourth-order valence-electron chi connectivity index (χ4n) is 3.28. The number of benzene rings is 2. The number of methoxy groups -OCH3 is 2. The minimum absolute atomic E-state index is 0.0482. The molecule has 1 amide bonds. The molecular weight excluding hydrogens is 449 g/mol. The molecule has 35 heavy (non-hydrogen) atoms. The van der Waals surface area contributed by atoms with Crippen LogP contribution in [-0.2, 0) is 7.05 Å². The normalized spacial score (nSPS) is 10.3. The summed E-state index contributed by atoms with van der Waals surface area (Å²) in [4.78, 5) is 17.0. The predicted octanol–water partition coefficient (Wildman–Crippen LogP) is 3.87. The van der Waals surface area contributed by atoms with E-state index in [4.69, 9.17) is 15.2 Å². The molecule has 0 radical (unpaired) electrons. The van der Waals surface area contributed by atoms with Crippen molar-refractivity contribution in [3.8, 4) is 34.5 Å². The Labute approximate surface area is 201 Å². The van der Waals surface area contributed by atoms with Gasteiger partial charge in [-0.25, -0.2) is 9.37 Å². The molecular formula is C26H22FN5O3. The number of hydrogen-bond donors (Lipinski definition) is 2. The third kappa shape index (κ3) is 5.39. The van der Waals surface area contributed by atoms with E-state index in [1.807, 2.05) is 13.2 Å². The van der Waals surface area contributed by atoms with Gasteiger partial charge in [-0.3, -0.25) is 9.48 Å². The number of carbonyl (C=O) groups excluding carboxylic acids is 1. The summed E-state index contributed by atoms with van der Waals surface area (Å²) in [6.07, 6.45) is 5.16. The summed E-state index contributed by atoms with van der Waals surface area (Å²) in [5.74, 6) is 5.87. The van der Waals surface area contributed by atoms with Gasteiger partial charge in [0.25, 0.3) is 5.91 Å². The van der Waals surface area contributed by atoms with Gasteiger partial charge < -0.3 is 20.5 Å². The quantitative estimate of drug-likeness (QED) is 0.428. The maximum absolute atomic E-state index is 14.5. The molecule has 0 fully saturated rings. The highest BCUT2D eigenvalue weighted by Crippen LogP contribution is 2.26. The number of amides is 1. The average Bonchev–Trinajstić information content (AvgIpc) is 3.30. The lowest BCUT2D eigenvalue weighted by Crippen LogP contribution is -2.12. The molecule has 2 heterocycles. The lowest BCUT2D eigenvalue weighted by Gasteiger charge is -2.10. The van der Waals surface area contributed by atoms with E-state index in [2.05, 4.69) is 27.2 Å². The number of carbonyl (C=O) groups is 1. The zero-order valence-electron chi connectivity index (χ0n) is 19.3. The van der Waals surface area contributed by atoms with Gasteiger partial charge >= 0.3 is 0 Å². The molecule has 9 heteroatoms. The maximum atomic E-state index is 14.5. The number of rotatable bonds is 5. The summed E-state index contributed by atoms with van der Waals surface area (Å²) in [7, 11) is 4.84. The lowest BCUT2D eigenvalue weighted by molar-refractivity contribution is 0.102. The highest BCUT2D eigenvalue weighted by Gasteiger charge is 2.12. The van der Waals surface area contributed by atoms with E-state index >= 15 is 0 Å². The highest BCUT2D eigenvalue weighted by atomic mass is 19.1. The summed E-state index contributed by atoms with van der Waals surface area (Å²) in [6, 6.07) is 10.7. The summed E-state index contributed by atoms with van der Waals surface area (Å²) >= 11 is 0. The van der Waals surface area contributed by atoms with Crippen LogP contribution in [0, 0.1) is 17.7 Å². The Balaban J connectivity index is 1.60. The second-order valence-corrected chi connectivity index (χ2v) is 7.56. The Morgan fingerprint density at radius 3 is 2.37 bits per heavy atom. The standard InChI is InChI=1S/C26H22FN5O3/c1-32-15-20(14-30-32)19-9-17(25(28)29-13-19)5-4-16-8-18(6-7-24(16)27)26(33)31-21-10-22(34-2)12-23(11-21)35-3/h6-15H,1-3H3,(H2,28,29)(H,31,33). The molecule has 0 saturated heterocycles. The molecule has 0 aliphatic heterocycles. The molecule has 176 valence electrons. The molecule has 0 atom stereocenters. The molecule has 4 rings (SSSR count). The van der Waals surface area contributed by atoms with E-state index in [0.717, 1.165) is 11.1 Å². The molecule has 0 unspecified atom stereocenters. The number of halogens is 1. The monoisotopic (exact) mass is 471 g/mol. The molecule has 0 spiro atoms. The highest BCUT2D eigenvalue weighted by molar-refractivity contribution is 6.04. The number of nitrogen functional groups attached to an aromatic ring is 1. The van der Waals surface area contributed by atoms with Gasteiger partial charge in [0.2, 0.25) is 0 Å². The molecule has 8 nitrogen and oxygen atoms in total. The fraction of sp³-hybridized carbons (Fsp3) is 0.115. The molecule has 0 saturated carbocycles. The van der Waals surface area contributed by atoms with Crippen molar-refractivity contribution in [2.24, 2.45) is 7.05 Å². The number of nitrogens with two attached hydrogens (primary N) is 1. The van der Waals surface area contributed by atoms with E-state index in [1.54, 1.807) is 41.3 Å². The van der Waals surface area contributed by atoms with E-state index in [0.29, 0.717) is 22.7 Å². The zero-order chi connectivity index (χ0) is 24.9. The van der Waals surface area contributed by atoms with Crippen LogP contribution in [-0.4, -0.2) is 34.9 Å². The minimum Gasteiger partial charge on any atom is -0.497 e. The lowest BCUT2D eigenvalue weighted by atomic mass is 10.1. The van der Waals surface area contributed by atoms with Crippen molar-refractivity contribution in [2.75, 3.05) is 25.3 Å². The molecule has 0 aliphatic carbocycles. The topological polar surface area (TPSA) is 104 Å². The molecule has 2 aromatic heterocycles. The SMILES string of the molecule is COc1cc(NC(=O)c2ccc(F)c(C#Cc3cc(-c4cnn(C)c4)cnc3N)c2)cc(OC)c1. The van der Waals surface area contributed by atoms with Crippen LogP contribution in [0.1, 0.15) is 21.5 Å². The van der Waals surface area contributed by atoms with Gasteiger partial charge in [-0.15, -0.1) is 0 Å². The van der Waals surface area contributed by atoms with Crippen molar-refractivity contribution in [3.05, 3.63) is 83.6 Å². The van der Waals surface area contributed by atoms with Crippen molar-refractivity contribution < 1.29 is 18.7 Å².